The first-order valence-corrected chi connectivity index (χ1v) is 5.69. The van der Waals surface area contributed by atoms with Gasteiger partial charge < -0.3 is 10.3 Å². The molecule has 5 heteroatoms. The lowest BCUT2D eigenvalue weighted by atomic mass is 10.2. The number of imidazole rings is 1. The van der Waals surface area contributed by atoms with Crippen molar-refractivity contribution in [3.8, 4) is 0 Å². The number of carbonyl (C=O) groups is 1. The Morgan fingerprint density at radius 3 is 2.72 bits per heavy atom. The number of hydrogen-bond acceptors (Lipinski definition) is 2. The molecule has 2 aromatic rings. The van der Waals surface area contributed by atoms with Crippen LogP contribution in [-0.2, 0) is 6.42 Å². The number of aromatic nitrogens is 2. The summed E-state index contributed by atoms with van der Waals surface area (Å²) < 4.78 is 12.7. The van der Waals surface area contributed by atoms with E-state index in [1.165, 1.54) is 24.3 Å². The lowest BCUT2D eigenvalue weighted by molar-refractivity contribution is 0.0954. The summed E-state index contributed by atoms with van der Waals surface area (Å²) in [4.78, 5) is 18.8. The van der Waals surface area contributed by atoms with E-state index < -0.39 is 0 Å². The maximum absolute atomic E-state index is 12.7. The zero-order chi connectivity index (χ0) is 13.0. The van der Waals surface area contributed by atoms with Crippen molar-refractivity contribution in [3.05, 3.63) is 53.4 Å². The van der Waals surface area contributed by atoms with Gasteiger partial charge >= 0.3 is 0 Å². The van der Waals surface area contributed by atoms with E-state index in [9.17, 15) is 9.18 Å². The van der Waals surface area contributed by atoms with E-state index in [-0.39, 0.29) is 11.7 Å². The standard InChI is InChI=1S/C13H14FN3O/c1-9-16-8-12(17-9)6-7-15-13(18)10-2-4-11(14)5-3-10/h2-5,8H,6-7H2,1H3,(H,15,18)(H,16,17). The number of aromatic amines is 1. The Morgan fingerprint density at radius 2 is 2.11 bits per heavy atom. The monoisotopic (exact) mass is 247 g/mol. The van der Waals surface area contributed by atoms with Crippen LogP contribution in [-0.4, -0.2) is 22.4 Å². The molecule has 18 heavy (non-hydrogen) atoms. The van der Waals surface area contributed by atoms with Crippen LogP contribution in [0.3, 0.4) is 0 Å². The molecule has 0 aliphatic heterocycles. The Balaban J connectivity index is 1.83. The highest BCUT2D eigenvalue weighted by molar-refractivity contribution is 5.94. The number of aryl methyl sites for hydroxylation is 1. The number of carbonyl (C=O) groups excluding carboxylic acids is 1. The fourth-order valence-electron chi connectivity index (χ4n) is 1.61. The van der Waals surface area contributed by atoms with E-state index in [0.717, 1.165) is 11.5 Å². The average molecular weight is 247 g/mol. The van der Waals surface area contributed by atoms with Crippen LogP contribution in [0.1, 0.15) is 21.9 Å². The van der Waals surface area contributed by atoms with Crippen molar-refractivity contribution in [3.63, 3.8) is 0 Å². The molecule has 4 nitrogen and oxygen atoms in total. The van der Waals surface area contributed by atoms with E-state index in [1.807, 2.05) is 6.92 Å². The minimum Gasteiger partial charge on any atom is -0.352 e. The Bertz CT molecular complexity index is 533. The molecule has 0 aliphatic carbocycles. The van der Waals surface area contributed by atoms with Gasteiger partial charge in [-0.3, -0.25) is 4.79 Å². The largest absolute Gasteiger partial charge is 0.352 e. The van der Waals surface area contributed by atoms with Gasteiger partial charge in [0.05, 0.1) is 0 Å². The molecule has 0 saturated heterocycles. The summed E-state index contributed by atoms with van der Waals surface area (Å²) in [7, 11) is 0. The zero-order valence-electron chi connectivity index (χ0n) is 10.0. The van der Waals surface area contributed by atoms with Crippen LogP contribution in [0, 0.1) is 12.7 Å². The number of H-pyrrole nitrogens is 1. The quantitative estimate of drug-likeness (QED) is 0.866. The number of nitrogens with one attached hydrogen (secondary N) is 2. The van der Waals surface area contributed by atoms with Gasteiger partial charge in [-0.15, -0.1) is 0 Å². The minimum absolute atomic E-state index is 0.203. The predicted molar refractivity (Wildman–Crippen MR) is 65.8 cm³/mol. The van der Waals surface area contributed by atoms with Crippen LogP contribution < -0.4 is 5.32 Å². The summed E-state index contributed by atoms with van der Waals surface area (Å²) >= 11 is 0. The number of halogens is 1. The van der Waals surface area contributed by atoms with Crippen LogP contribution in [0.15, 0.2) is 30.5 Å². The third-order valence-electron chi connectivity index (χ3n) is 2.54. The topological polar surface area (TPSA) is 57.8 Å². The Morgan fingerprint density at radius 1 is 1.39 bits per heavy atom. The second kappa shape index (κ2) is 5.44. The Kier molecular flexibility index (Phi) is 3.72. The number of nitrogens with zero attached hydrogens (tertiary/aromatic N) is 1. The van der Waals surface area contributed by atoms with Crippen LogP contribution in [0.5, 0.6) is 0 Å². The first-order chi connectivity index (χ1) is 8.65. The maximum atomic E-state index is 12.7. The zero-order valence-corrected chi connectivity index (χ0v) is 10.0. The van der Waals surface area contributed by atoms with Gasteiger partial charge in [-0.1, -0.05) is 0 Å². The van der Waals surface area contributed by atoms with Crippen molar-refractivity contribution in [2.45, 2.75) is 13.3 Å². The maximum Gasteiger partial charge on any atom is 0.251 e. The van der Waals surface area contributed by atoms with Gasteiger partial charge in [-0.2, -0.15) is 0 Å². The Hall–Kier alpha value is -2.17. The third-order valence-corrected chi connectivity index (χ3v) is 2.54. The number of rotatable bonds is 4. The fraction of sp³-hybridized carbons (Fsp3) is 0.231. The highest BCUT2D eigenvalue weighted by Crippen LogP contribution is 2.02. The third kappa shape index (κ3) is 3.16. The minimum atomic E-state index is -0.348. The SMILES string of the molecule is Cc1ncc(CCNC(=O)c2ccc(F)cc2)[nH]1. The van der Waals surface area contributed by atoms with Crippen LogP contribution >= 0.6 is 0 Å². The van der Waals surface area contributed by atoms with Crippen LogP contribution in [0.2, 0.25) is 0 Å². The van der Waals surface area contributed by atoms with E-state index in [0.29, 0.717) is 18.5 Å². The molecule has 0 bridgehead atoms. The molecule has 1 aromatic heterocycles. The molecule has 1 amide bonds. The molecule has 0 atom stereocenters. The van der Waals surface area contributed by atoms with Crippen molar-refractivity contribution < 1.29 is 9.18 Å². The molecule has 2 rings (SSSR count). The molecule has 0 aliphatic rings. The molecular weight excluding hydrogens is 233 g/mol. The smallest absolute Gasteiger partial charge is 0.251 e. The van der Waals surface area contributed by atoms with Gasteiger partial charge in [0.2, 0.25) is 0 Å². The van der Waals surface area contributed by atoms with E-state index in [1.54, 1.807) is 6.20 Å². The summed E-state index contributed by atoms with van der Waals surface area (Å²) in [5.74, 6) is 0.306. The molecule has 0 spiro atoms. The fourth-order valence-corrected chi connectivity index (χ4v) is 1.61. The van der Waals surface area contributed by atoms with Crippen LogP contribution in [0.4, 0.5) is 4.39 Å². The average Bonchev–Trinajstić information content (AvgIpc) is 2.76. The second-order valence-corrected chi connectivity index (χ2v) is 4.01. The molecule has 2 N–H and O–H groups in total. The first-order valence-electron chi connectivity index (χ1n) is 5.69. The van der Waals surface area contributed by atoms with Crippen molar-refractivity contribution in [1.29, 1.82) is 0 Å². The van der Waals surface area contributed by atoms with Crippen molar-refractivity contribution in [1.82, 2.24) is 15.3 Å². The summed E-state index contributed by atoms with van der Waals surface area (Å²) in [5, 5.41) is 2.77. The number of benzene rings is 1. The summed E-state index contributed by atoms with van der Waals surface area (Å²) in [6.07, 6.45) is 2.44. The molecule has 1 heterocycles. The summed E-state index contributed by atoms with van der Waals surface area (Å²) in [6, 6.07) is 5.47. The van der Waals surface area contributed by atoms with E-state index >= 15 is 0 Å². The number of hydrogen-bond donors (Lipinski definition) is 2. The molecule has 0 radical (unpaired) electrons. The van der Waals surface area contributed by atoms with E-state index in [2.05, 4.69) is 15.3 Å². The molecular formula is C13H14FN3O. The van der Waals surface area contributed by atoms with Gasteiger partial charge in [0, 0.05) is 30.4 Å². The lowest BCUT2D eigenvalue weighted by Crippen LogP contribution is -2.25. The molecule has 94 valence electrons. The van der Waals surface area contributed by atoms with E-state index in [4.69, 9.17) is 0 Å². The van der Waals surface area contributed by atoms with Crippen molar-refractivity contribution in [2.24, 2.45) is 0 Å². The predicted octanol–water partition coefficient (Wildman–Crippen LogP) is 1.83. The van der Waals surface area contributed by atoms with Crippen molar-refractivity contribution in [2.75, 3.05) is 6.54 Å². The number of amides is 1. The molecule has 0 fully saturated rings. The molecule has 1 aromatic carbocycles. The van der Waals surface area contributed by atoms with Gasteiger partial charge in [0.25, 0.3) is 5.91 Å². The summed E-state index contributed by atoms with van der Waals surface area (Å²) in [6.45, 7) is 2.39. The summed E-state index contributed by atoms with van der Waals surface area (Å²) in [5.41, 5.74) is 1.43. The second-order valence-electron chi connectivity index (χ2n) is 4.01. The first kappa shape index (κ1) is 12.3. The van der Waals surface area contributed by atoms with Gasteiger partial charge in [-0.05, 0) is 31.2 Å². The van der Waals surface area contributed by atoms with Gasteiger partial charge in [-0.25, -0.2) is 9.37 Å². The highest BCUT2D eigenvalue weighted by Gasteiger charge is 2.05. The van der Waals surface area contributed by atoms with Crippen LogP contribution in [0.25, 0.3) is 0 Å². The van der Waals surface area contributed by atoms with Gasteiger partial charge in [0.1, 0.15) is 11.6 Å². The molecule has 0 unspecified atom stereocenters. The normalized spacial score (nSPS) is 10.3. The lowest BCUT2D eigenvalue weighted by Gasteiger charge is -2.04. The van der Waals surface area contributed by atoms with Gasteiger partial charge in [0.15, 0.2) is 0 Å². The highest BCUT2D eigenvalue weighted by atomic mass is 19.1. The molecule has 0 saturated carbocycles. The Labute approximate surface area is 104 Å². The van der Waals surface area contributed by atoms with Crippen molar-refractivity contribution >= 4 is 5.91 Å².